The molecule has 3 rings (SSSR count). The highest BCUT2D eigenvalue weighted by molar-refractivity contribution is 6.43. The minimum atomic E-state index is 0.398. The number of para-hydroxylation sites is 1. The van der Waals surface area contributed by atoms with E-state index >= 15 is 0 Å². The summed E-state index contributed by atoms with van der Waals surface area (Å²) in [7, 11) is 0. The van der Waals surface area contributed by atoms with Crippen molar-refractivity contribution in [1.82, 2.24) is 9.97 Å². The van der Waals surface area contributed by atoms with Crippen LogP contribution in [0, 0.1) is 0 Å². The Morgan fingerprint density at radius 2 is 1.74 bits per heavy atom. The number of nitrogens with one attached hydrogen (secondary N) is 1. The maximum atomic E-state index is 6.07. The van der Waals surface area contributed by atoms with Crippen molar-refractivity contribution in [2.45, 2.75) is 0 Å². The Bertz CT molecular complexity index is 837. The lowest BCUT2D eigenvalue weighted by Gasteiger charge is -2.11. The topological polar surface area (TPSA) is 47.0 Å². The SMILES string of the molecule is Clc1cc(Cl)c(OCCNc2ncnc3ccccc23)cc1Cl. The second-order valence-electron chi connectivity index (χ2n) is 4.71. The van der Waals surface area contributed by atoms with Crippen molar-refractivity contribution in [3.63, 3.8) is 0 Å². The third-order valence-corrected chi connectivity index (χ3v) is 4.19. The van der Waals surface area contributed by atoms with E-state index in [0.717, 1.165) is 16.7 Å². The second-order valence-corrected chi connectivity index (χ2v) is 5.93. The van der Waals surface area contributed by atoms with E-state index in [0.29, 0.717) is 34.0 Å². The van der Waals surface area contributed by atoms with E-state index in [1.54, 1.807) is 12.1 Å². The number of hydrogen-bond donors (Lipinski definition) is 1. The molecule has 0 fully saturated rings. The molecular weight excluding hydrogens is 357 g/mol. The molecule has 118 valence electrons. The van der Waals surface area contributed by atoms with Gasteiger partial charge in [-0.2, -0.15) is 0 Å². The maximum absolute atomic E-state index is 6.07. The van der Waals surface area contributed by atoms with Crippen molar-refractivity contribution < 1.29 is 4.74 Å². The molecule has 0 atom stereocenters. The van der Waals surface area contributed by atoms with Crippen LogP contribution >= 0.6 is 34.8 Å². The van der Waals surface area contributed by atoms with Crippen LogP contribution in [0.1, 0.15) is 0 Å². The predicted octanol–water partition coefficient (Wildman–Crippen LogP) is 5.08. The fraction of sp³-hybridized carbons (Fsp3) is 0.125. The number of ether oxygens (including phenoxy) is 1. The third-order valence-electron chi connectivity index (χ3n) is 3.17. The first kappa shape index (κ1) is 16.1. The van der Waals surface area contributed by atoms with E-state index in [9.17, 15) is 0 Å². The first-order chi connectivity index (χ1) is 11.1. The molecule has 3 aromatic rings. The average molecular weight is 369 g/mol. The standard InChI is InChI=1S/C16H12Cl3N3O/c17-11-7-13(19)15(8-12(11)18)23-6-5-20-16-10-3-1-2-4-14(10)21-9-22-16/h1-4,7-9H,5-6H2,(H,20,21,22). The zero-order chi connectivity index (χ0) is 16.2. The van der Waals surface area contributed by atoms with Crippen molar-refractivity contribution in [3.05, 3.63) is 57.8 Å². The predicted molar refractivity (Wildman–Crippen MR) is 95.0 cm³/mol. The fourth-order valence-electron chi connectivity index (χ4n) is 2.09. The number of nitrogens with zero attached hydrogens (tertiary/aromatic N) is 2. The van der Waals surface area contributed by atoms with Gasteiger partial charge < -0.3 is 10.1 Å². The van der Waals surface area contributed by atoms with Crippen LogP contribution in [-0.4, -0.2) is 23.1 Å². The van der Waals surface area contributed by atoms with E-state index in [-0.39, 0.29) is 0 Å². The number of aromatic nitrogens is 2. The van der Waals surface area contributed by atoms with Crippen molar-refractivity contribution >= 4 is 51.5 Å². The summed E-state index contributed by atoms with van der Waals surface area (Å²) in [5, 5.41) is 5.41. The van der Waals surface area contributed by atoms with Gasteiger partial charge in [-0.3, -0.25) is 0 Å². The molecule has 0 bridgehead atoms. The third kappa shape index (κ3) is 3.78. The van der Waals surface area contributed by atoms with Gasteiger partial charge in [0.2, 0.25) is 0 Å². The lowest BCUT2D eigenvalue weighted by molar-refractivity contribution is 0.333. The van der Waals surface area contributed by atoms with E-state index in [4.69, 9.17) is 39.5 Å². The van der Waals surface area contributed by atoms with Crippen molar-refractivity contribution in [3.8, 4) is 5.75 Å². The molecule has 0 saturated carbocycles. The van der Waals surface area contributed by atoms with Gasteiger partial charge in [-0.15, -0.1) is 0 Å². The van der Waals surface area contributed by atoms with Gasteiger partial charge in [-0.25, -0.2) is 9.97 Å². The number of anilines is 1. The molecule has 1 N–H and O–H groups in total. The van der Waals surface area contributed by atoms with Gasteiger partial charge in [0.15, 0.2) is 0 Å². The molecule has 1 heterocycles. The van der Waals surface area contributed by atoms with Crippen LogP contribution in [0.15, 0.2) is 42.7 Å². The highest BCUT2D eigenvalue weighted by Crippen LogP contribution is 2.33. The van der Waals surface area contributed by atoms with E-state index in [1.807, 2.05) is 24.3 Å². The zero-order valence-electron chi connectivity index (χ0n) is 11.9. The first-order valence-corrected chi connectivity index (χ1v) is 7.99. The highest BCUT2D eigenvalue weighted by Gasteiger charge is 2.07. The Morgan fingerprint density at radius 1 is 0.957 bits per heavy atom. The number of hydrogen-bond acceptors (Lipinski definition) is 4. The van der Waals surface area contributed by atoms with Crippen LogP contribution in [0.2, 0.25) is 15.1 Å². The molecule has 0 radical (unpaired) electrons. The maximum Gasteiger partial charge on any atom is 0.139 e. The molecule has 0 spiro atoms. The fourth-order valence-corrected chi connectivity index (χ4v) is 2.68. The van der Waals surface area contributed by atoms with Crippen molar-refractivity contribution in [2.75, 3.05) is 18.5 Å². The van der Waals surface area contributed by atoms with Gasteiger partial charge in [0.25, 0.3) is 0 Å². The number of benzene rings is 2. The Balaban J connectivity index is 1.63. The molecule has 0 saturated heterocycles. The van der Waals surface area contributed by atoms with Crippen LogP contribution in [0.3, 0.4) is 0 Å². The number of rotatable bonds is 5. The quantitative estimate of drug-likeness (QED) is 0.504. The molecule has 1 aromatic heterocycles. The number of halogens is 3. The lowest BCUT2D eigenvalue weighted by atomic mass is 10.2. The van der Waals surface area contributed by atoms with Gasteiger partial charge in [0, 0.05) is 11.5 Å². The highest BCUT2D eigenvalue weighted by atomic mass is 35.5. The monoisotopic (exact) mass is 367 g/mol. The molecule has 0 aliphatic heterocycles. The molecule has 0 amide bonds. The van der Waals surface area contributed by atoms with Gasteiger partial charge in [0.05, 0.1) is 27.1 Å². The van der Waals surface area contributed by atoms with E-state index < -0.39 is 0 Å². The van der Waals surface area contributed by atoms with Crippen LogP contribution in [0.25, 0.3) is 10.9 Å². The zero-order valence-corrected chi connectivity index (χ0v) is 14.2. The summed E-state index contributed by atoms with van der Waals surface area (Å²) in [6.45, 7) is 0.952. The first-order valence-electron chi connectivity index (χ1n) is 6.86. The van der Waals surface area contributed by atoms with Crippen molar-refractivity contribution in [2.24, 2.45) is 0 Å². The summed E-state index contributed by atoms with van der Waals surface area (Å²) in [4.78, 5) is 8.47. The molecule has 23 heavy (non-hydrogen) atoms. The summed E-state index contributed by atoms with van der Waals surface area (Å²) in [5.41, 5.74) is 0.887. The summed E-state index contributed by atoms with van der Waals surface area (Å²) < 4.78 is 5.63. The minimum Gasteiger partial charge on any atom is -0.490 e. The minimum absolute atomic E-state index is 0.398. The average Bonchev–Trinajstić information content (AvgIpc) is 2.56. The molecular formula is C16H12Cl3N3O. The Kier molecular flexibility index (Phi) is 5.06. The molecule has 7 heteroatoms. The Morgan fingerprint density at radius 3 is 2.61 bits per heavy atom. The number of fused-ring (bicyclic) bond motifs is 1. The summed E-state index contributed by atoms with van der Waals surface area (Å²) in [6, 6.07) is 11.0. The Hall–Kier alpha value is -1.75. The second kappa shape index (κ2) is 7.21. The van der Waals surface area contributed by atoms with Crippen LogP contribution in [0.5, 0.6) is 5.75 Å². The molecule has 0 unspecified atom stereocenters. The Labute approximate surface area is 148 Å². The largest absolute Gasteiger partial charge is 0.490 e. The van der Waals surface area contributed by atoms with Crippen LogP contribution in [-0.2, 0) is 0 Å². The van der Waals surface area contributed by atoms with Gasteiger partial charge >= 0.3 is 0 Å². The molecule has 4 nitrogen and oxygen atoms in total. The van der Waals surface area contributed by atoms with E-state index in [2.05, 4.69) is 15.3 Å². The lowest BCUT2D eigenvalue weighted by Crippen LogP contribution is -2.13. The molecule has 0 aliphatic rings. The van der Waals surface area contributed by atoms with E-state index in [1.165, 1.54) is 6.33 Å². The summed E-state index contributed by atoms with van der Waals surface area (Å²) in [5.74, 6) is 1.26. The van der Waals surface area contributed by atoms with Crippen molar-refractivity contribution in [1.29, 1.82) is 0 Å². The van der Waals surface area contributed by atoms with Gasteiger partial charge in [-0.1, -0.05) is 46.9 Å². The molecule has 0 aliphatic carbocycles. The molecule has 2 aromatic carbocycles. The van der Waals surface area contributed by atoms with Crippen LogP contribution < -0.4 is 10.1 Å². The smallest absolute Gasteiger partial charge is 0.139 e. The van der Waals surface area contributed by atoms with Crippen LogP contribution in [0.4, 0.5) is 5.82 Å². The van der Waals surface area contributed by atoms with Gasteiger partial charge in [-0.05, 0) is 18.2 Å². The summed E-state index contributed by atoms with van der Waals surface area (Å²) in [6.07, 6.45) is 1.53. The van der Waals surface area contributed by atoms with Gasteiger partial charge in [0.1, 0.15) is 24.5 Å². The summed E-state index contributed by atoms with van der Waals surface area (Å²) >= 11 is 17.9. The normalized spacial score (nSPS) is 10.7.